The predicted octanol–water partition coefficient (Wildman–Crippen LogP) is 6.34. The summed E-state index contributed by atoms with van der Waals surface area (Å²) in [5, 5.41) is 10.8. The molecule has 1 N–H and O–H groups in total. The first kappa shape index (κ1) is 23.4. The zero-order valence-electron chi connectivity index (χ0n) is 18.6. The summed E-state index contributed by atoms with van der Waals surface area (Å²) in [5.41, 5.74) is 2.48. The molecule has 0 aromatic heterocycles. The topological polar surface area (TPSA) is 38.7 Å². The van der Waals surface area contributed by atoms with E-state index >= 15 is 0 Å². The van der Waals surface area contributed by atoms with Crippen LogP contribution in [0.4, 0.5) is 0 Å². The lowest BCUT2D eigenvalue weighted by atomic mass is 9.83. The highest BCUT2D eigenvalue weighted by Gasteiger charge is 2.42. The van der Waals surface area contributed by atoms with Crippen LogP contribution in [-0.4, -0.2) is 30.2 Å². The van der Waals surface area contributed by atoms with Crippen LogP contribution in [0, 0.1) is 11.8 Å². The van der Waals surface area contributed by atoms with Crippen LogP contribution in [-0.2, 0) is 9.47 Å². The zero-order chi connectivity index (χ0) is 20.6. The van der Waals surface area contributed by atoms with Gasteiger partial charge in [-0.3, -0.25) is 0 Å². The van der Waals surface area contributed by atoms with Crippen LogP contribution in [0.1, 0.15) is 85.0 Å². The third-order valence-corrected chi connectivity index (χ3v) is 7.11. The lowest BCUT2D eigenvalue weighted by molar-refractivity contribution is -0.210. The Hall–Kier alpha value is -0.900. The van der Waals surface area contributed by atoms with E-state index in [1.807, 2.05) is 19.9 Å². The van der Waals surface area contributed by atoms with Crippen LogP contribution in [0.2, 0.25) is 0 Å². The van der Waals surface area contributed by atoms with Crippen molar-refractivity contribution in [3.05, 3.63) is 36.0 Å². The van der Waals surface area contributed by atoms with Gasteiger partial charge >= 0.3 is 0 Å². The van der Waals surface area contributed by atoms with E-state index < -0.39 is 11.4 Å². The molecule has 28 heavy (non-hydrogen) atoms. The quantitative estimate of drug-likeness (QED) is 0.331. The number of allylic oxidation sites excluding steroid dienone is 4. The van der Waals surface area contributed by atoms with Crippen molar-refractivity contribution in [3.63, 3.8) is 0 Å². The van der Waals surface area contributed by atoms with E-state index in [0.717, 1.165) is 38.5 Å². The molecule has 0 saturated heterocycles. The van der Waals surface area contributed by atoms with E-state index in [-0.39, 0.29) is 0 Å². The lowest BCUT2D eigenvalue weighted by Gasteiger charge is -2.29. The molecule has 2 aliphatic rings. The summed E-state index contributed by atoms with van der Waals surface area (Å²) in [6.45, 7) is 10.8. The highest BCUT2D eigenvalue weighted by Crippen LogP contribution is 2.44. The minimum absolute atomic E-state index is 0.360. The molecule has 0 heterocycles. The summed E-state index contributed by atoms with van der Waals surface area (Å²) in [6, 6.07) is 0. The fourth-order valence-electron chi connectivity index (χ4n) is 5.01. The SMILES string of the molecule is C=CC[C@@]1(O)CCC(CC/C=C2\CCCC=C2CCC(C)(OC)OCC)[C@@H]1C. The molecule has 0 aliphatic heterocycles. The van der Waals surface area contributed by atoms with Crippen LogP contribution in [0.25, 0.3) is 0 Å². The van der Waals surface area contributed by atoms with E-state index in [9.17, 15) is 5.11 Å². The maximum atomic E-state index is 10.8. The van der Waals surface area contributed by atoms with Crippen LogP contribution in [0.5, 0.6) is 0 Å². The molecule has 2 aliphatic carbocycles. The molecule has 2 rings (SSSR count). The normalized spacial score (nSPS) is 31.6. The molecule has 0 amide bonds. The van der Waals surface area contributed by atoms with Crippen molar-refractivity contribution < 1.29 is 14.6 Å². The van der Waals surface area contributed by atoms with Crippen molar-refractivity contribution in [1.82, 2.24) is 0 Å². The fourth-order valence-corrected chi connectivity index (χ4v) is 5.01. The molecule has 160 valence electrons. The Balaban J connectivity index is 1.90. The Morgan fingerprint density at radius 1 is 1.43 bits per heavy atom. The number of hydrogen-bond donors (Lipinski definition) is 1. The number of hydrogen-bond acceptors (Lipinski definition) is 3. The zero-order valence-corrected chi connectivity index (χ0v) is 18.6. The van der Waals surface area contributed by atoms with Crippen molar-refractivity contribution >= 4 is 0 Å². The van der Waals surface area contributed by atoms with Crippen molar-refractivity contribution in [2.75, 3.05) is 13.7 Å². The molecule has 0 bridgehead atoms. The van der Waals surface area contributed by atoms with Crippen molar-refractivity contribution in [2.24, 2.45) is 11.8 Å². The second kappa shape index (κ2) is 10.8. The molecule has 3 nitrogen and oxygen atoms in total. The van der Waals surface area contributed by atoms with E-state index in [4.69, 9.17) is 9.47 Å². The van der Waals surface area contributed by atoms with Gasteiger partial charge in [-0.05, 0) is 94.6 Å². The summed E-state index contributed by atoms with van der Waals surface area (Å²) in [7, 11) is 1.73. The van der Waals surface area contributed by atoms with Gasteiger partial charge in [0.05, 0.1) is 5.60 Å². The van der Waals surface area contributed by atoms with Gasteiger partial charge in [-0.15, -0.1) is 6.58 Å². The van der Waals surface area contributed by atoms with Gasteiger partial charge in [-0.1, -0.05) is 25.2 Å². The van der Waals surface area contributed by atoms with Gasteiger partial charge < -0.3 is 14.6 Å². The highest BCUT2D eigenvalue weighted by molar-refractivity contribution is 5.33. The molecule has 0 radical (unpaired) electrons. The molecular weight excluding hydrogens is 348 g/mol. The Kier molecular flexibility index (Phi) is 8.98. The van der Waals surface area contributed by atoms with E-state index in [0.29, 0.717) is 18.4 Å². The minimum Gasteiger partial charge on any atom is -0.389 e. The average Bonchev–Trinajstić information content (AvgIpc) is 2.96. The number of rotatable bonds is 11. The molecule has 0 aromatic carbocycles. The van der Waals surface area contributed by atoms with Crippen molar-refractivity contribution in [3.8, 4) is 0 Å². The molecule has 1 fully saturated rings. The van der Waals surface area contributed by atoms with Crippen molar-refractivity contribution in [1.29, 1.82) is 0 Å². The molecule has 0 aromatic rings. The van der Waals surface area contributed by atoms with Gasteiger partial charge in [0.25, 0.3) is 0 Å². The van der Waals surface area contributed by atoms with Gasteiger partial charge in [0.15, 0.2) is 5.79 Å². The first-order valence-electron chi connectivity index (χ1n) is 11.3. The molecule has 0 spiro atoms. The smallest absolute Gasteiger partial charge is 0.165 e. The van der Waals surface area contributed by atoms with Gasteiger partial charge in [-0.2, -0.15) is 0 Å². The van der Waals surface area contributed by atoms with E-state index in [1.54, 1.807) is 7.11 Å². The number of methoxy groups -OCH3 is 1. The van der Waals surface area contributed by atoms with Crippen LogP contribution < -0.4 is 0 Å². The number of ether oxygens (including phenoxy) is 2. The molecule has 2 unspecified atom stereocenters. The third-order valence-electron chi connectivity index (χ3n) is 7.11. The standard InChI is InChI=1S/C25H42O3/c1-6-17-25(26)19-16-21(20(25)3)13-10-14-22-11-8-9-12-23(22)15-18-24(4,27-5)28-7-2/h6,12,14,20-21,26H,1,7-11,13,15-19H2,2-5H3/b22-14+/t20-,21?,24?,25+/m0/s1. The van der Waals surface area contributed by atoms with Crippen LogP contribution in [0.15, 0.2) is 36.0 Å². The van der Waals surface area contributed by atoms with E-state index in [2.05, 4.69) is 25.7 Å². The second-order valence-electron chi connectivity index (χ2n) is 8.88. The number of aliphatic hydroxyl groups is 1. The Morgan fingerprint density at radius 2 is 2.21 bits per heavy atom. The minimum atomic E-state index is -0.528. The highest BCUT2D eigenvalue weighted by atomic mass is 16.7. The predicted molar refractivity (Wildman–Crippen MR) is 117 cm³/mol. The summed E-state index contributed by atoms with van der Waals surface area (Å²) < 4.78 is 11.4. The maximum absolute atomic E-state index is 10.8. The lowest BCUT2D eigenvalue weighted by Crippen LogP contribution is -2.32. The summed E-state index contributed by atoms with van der Waals surface area (Å²) >= 11 is 0. The monoisotopic (exact) mass is 390 g/mol. The molecule has 1 saturated carbocycles. The van der Waals surface area contributed by atoms with Gasteiger partial charge in [0.2, 0.25) is 0 Å². The molecule has 3 heteroatoms. The summed E-state index contributed by atoms with van der Waals surface area (Å²) in [4.78, 5) is 0. The Bertz CT molecular complexity index is 564. The first-order chi connectivity index (χ1) is 13.4. The molecule has 4 atom stereocenters. The van der Waals surface area contributed by atoms with Crippen LogP contribution >= 0.6 is 0 Å². The maximum Gasteiger partial charge on any atom is 0.165 e. The Morgan fingerprint density at radius 3 is 2.89 bits per heavy atom. The summed E-state index contributed by atoms with van der Waals surface area (Å²) in [6.07, 6.45) is 17.3. The van der Waals surface area contributed by atoms with Gasteiger partial charge in [0.1, 0.15) is 0 Å². The summed E-state index contributed by atoms with van der Waals surface area (Å²) in [5.74, 6) is 0.485. The third kappa shape index (κ3) is 6.05. The first-order valence-corrected chi connectivity index (χ1v) is 11.3. The Labute approximate surface area is 172 Å². The van der Waals surface area contributed by atoms with Gasteiger partial charge in [-0.25, -0.2) is 0 Å². The molecular formula is C25H42O3. The average molecular weight is 391 g/mol. The largest absolute Gasteiger partial charge is 0.389 e. The van der Waals surface area contributed by atoms with E-state index in [1.165, 1.54) is 36.8 Å². The van der Waals surface area contributed by atoms with Gasteiger partial charge in [0, 0.05) is 20.1 Å². The second-order valence-corrected chi connectivity index (χ2v) is 8.88. The van der Waals surface area contributed by atoms with Crippen LogP contribution in [0.3, 0.4) is 0 Å². The fraction of sp³-hybridized carbons (Fsp3) is 0.760. The van der Waals surface area contributed by atoms with Crippen molar-refractivity contribution in [2.45, 2.75) is 96.4 Å².